The first-order valence-corrected chi connectivity index (χ1v) is 36.3. The normalized spacial score (nSPS) is 16.0. The van der Waals surface area contributed by atoms with E-state index in [9.17, 15) is 62.6 Å². The number of aliphatic hydroxyl groups is 1. The van der Waals surface area contributed by atoms with Crippen LogP contribution in [0.2, 0.25) is 0 Å². The average Bonchev–Trinajstić information content (AvgIpc) is 1.32. The minimum atomic E-state index is -5.22. The fourth-order valence-corrected chi connectivity index (χ4v) is 15.4. The molecule has 20 nitrogen and oxygen atoms in total. The Hall–Kier alpha value is -13.9. The van der Waals surface area contributed by atoms with Gasteiger partial charge in [-0.1, -0.05) is 86.3 Å². The average molecular weight is 1570 g/mol. The molecule has 10 amide bonds. The van der Waals surface area contributed by atoms with Gasteiger partial charge in [0.05, 0.1) is 78.8 Å². The number of carbonyl (C=O) groups is 12. The Morgan fingerprint density at radius 1 is 0.414 bits per heavy atom. The van der Waals surface area contributed by atoms with Crippen molar-refractivity contribution in [2.75, 3.05) is 28.8 Å². The highest BCUT2D eigenvalue weighted by Crippen LogP contribution is 2.51. The van der Waals surface area contributed by atoms with Gasteiger partial charge < -0.3 is 14.6 Å². The Morgan fingerprint density at radius 2 is 0.767 bits per heavy atom. The maximum absolute atomic E-state index is 16.1. The van der Waals surface area contributed by atoms with Gasteiger partial charge in [0, 0.05) is 31.1 Å². The van der Waals surface area contributed by atoms with Gasteiger partial charge >= 0.3 is 18.3 Å². The van der Waals surface area contributed by atoms with Crippen LogP contribution in [0, 0.1) is 12.8 Å². The third-order valence-electron chi connectivity index (χ3n) is 22.3. The number of hydrogen-bond acceptors (Lipinski definition) is 15. The van der Waals surface area contributed by atoms with E-state index in [0.29, 0.717) is 38.7 Å². The van der Waals surface area contributed by atoms with Crippen LogP contribution in [0.15, 0.2) is 212 Å². The van der Waals surface area contributed by atoms with Gasteiger partial charge in [-0.3, -0.25) is 62.5 Å². The predicted octanol–water partition coefficient (Wildman–Crippen LogP) is 15.9. The number of ketones is 1. The maximum atomic E-state index is 16.1. The van der Waals surface area contributed by atoms with Crippen molar-refractivity contribution in [3.05, 3.63) is 318 Å². The molecule has 0 bridgehead atoms. The number of fused-ring (bicyclic) bond motifs is 5. The summed E-state index contributed by atoms with van der Waals surface area (Å²) in [6.07, 6.45) is -10.4. The molecule has 0 radical (unpaired) electrons. The topological polar surface area (TPSA) is 260 Å². The number of aliphatic hydroxyl groups excluding tert-OH is 1. The quantitative estimate of drug-likeness (QED) is 0.0186. The third kappa shape index (κ3) is 12.9. The Labute approximate surface area is 657 Å². The zero-order valence-electron chi connectivity index (χ0n) is 62.7. The van der Waals surface area contributed by atoms with Crippen molar-refractivity contribution in [1.82, 2.24) is 9.80 Å². The Balaban J connectivity index is 0.640. The summed E-state index contributed by atoms with van der Waals surface area (Å²) in [4.78, 5) is 168. The van der Waals surface area contributed by atoms with Crippen LogP contribution in [0.5, 0.6) is 17.2 Å². The summed E-state index contributed by atoms with van der Waals surface area (Å²) in [5.74, 6) is -9.31. The van der Waals surface area contributed by atoms with Crippen LogP contribution in [0.4, 0.5) is 43.4 Å². The van der Waals surface area contributed by atoms with Gasteiger partial charge in [0.15, 0.2) is 5.78 Å². The Morgan fingerprint density at radius 3 is 1.20 bits per heavy atom. The number of esters is 1. The zero-order valence-corrected chi connectivity index (χ0v) is 62.7. The molecule has 10 aromatic carbocycles. The lowest BCUT2D eigenvalue weighted by Crippen LogP contribution is -2.41. The van der Waals surface area contributed by atoms with E-state index in [-0.39, 0.29) is 109 Å². The van der Waals surface area contributed by atoms with E-state index in [1.807, 2.05) is 19.1 Å². The molecule has 5 heterocycles. The van der Waals surface area contributed by atoms with Crippen LogP contribution < -0.4 is 24.2 Å². The van der Waals surface area contributed by atoms with Gasteiger partial charge in [0.25, 0.3) is 59.1 Å². The molecule has 26 heteroatoms. The Kier molecular flexibility index (Phi) is 18.9. The molecule has 0 saturated heterocycles. The van der Waals surface area contributed by atoms with Crippen LogP contribution in [-0.4, -0.2) is 118 Å². The van der Waals surface area contributed by atoms with E-state index < -0.39 is 122 Å². The molecule has 4 atom stereocenters. The minimum Gasteiger partial charge on any atom is -0.457 e. The van der Waals surface area contributed by atoms with Crippen LogP contribution >= 0.6 is 0 Å². The van der Waals surface area contributed by atoms with Gasteiger partial charge in [0.1, 0.15) is 28.1 Å². The summed E-state index contributed by atoms with van der Waals surface area (Å²) in [5.41, 5.74) is -6.77. The molecule has 5 aliphatic rings. The molecular weight excluding hydrogens is 1500 g/mol. The first-order chi connectivity index (χ1) is 54.9. The standard InChI is InChI=1S/C90H65F6N5O15/c1-45(2)86(114)116-63-23-13-51(14-24-63)52-38-58(100-81(109)68-31-17-55(42-73(68)84(100)112)87(5,89(91,92)93)53-15-29-66-71(40-53)79(107)98(8)77(66)105)44-59(39-52)101-82(110)69-32-18-56(43-74(69)85(101)113)88(6,90(94,95)96)54-16-30-67-72(41-54)83(111)99(80(67)108)57-19-25-62(26-20-57)115-61-21-9-48(10-22-61)36-60(102)34-47(4)75(103)64-27-11-49(33-46(64)3)35-50-12-28-65-70(37-50)78(106)97(7)76(65)104/h9-33,37-44,47,60,102H,1,34-36H2,2-8H3. The number of Topliss-reactive ketones (excluding diaryl/α,β-unsaturated/α-hetero) is 1. The number of halogens is 6. The molecule has 116 heavy (non-hydrogen) atoms. The van der Waals surface area contributed by atoms with E-state index in [4.69, 9.17) is 9.47 Å². The minimum absolute atomic E-state index is 0.0419. The lowest BCUT2D eigenvalue weighted by molar-refractivity contribution is -0.173. The second-order valence-electron chi connectivity index (χ2n) is 29.7. The molecule has 0 saturated carbocycles. The highest BCUT2D eigenvalue weighted by Gasteiger charge is 2.57. The summed E-state index contributed by atoms with van der Waals surface area (Å²) in [6, 6.07) is 44.4. The van der Waals surface area contributed by atoms with Gasteiger partial charge in [-0.2, -0.15) is 26.3 Å². The molecule has 10 aromatic rings. The van der Waals surface area contributed by atoms with Crippen LogP contribution in [-0.2, 0) is 28.5 Å². The lowest BCUT2D eigenvalue weighted by Gasteiger charge is -2.33. The van der Waals surface area contributed by atoms with Gasteiger partial charge in [-0.05, 0) is 230 Å². The first kappa shape index (κ1) is 77.4. The largest absolute Gasteiger partial charge is 0.457 e. The molecule has 4 unspecified atom stereocenters. The van der Waals surface area contributed by atoms with E-state index in [1.54, 1.807) is 55.5 Å². The summed E-state index contributed by atoms with van der Waals surface area (Å²) in [6.45, 7) is 10.2. The number of alkyl halides is 6. The van der Waals surface area contributed by atoms with Crippen LogP contribution in [0.25, 0.3) is 11.1 Å². The second-order valence-corrected chi connectivity index (χ2v) is 29.7. The number of hydrogen-bond donors (Lipinski definition) is 1. The highest BCUT2D eigenvalue weighted by atomic mass is 19.4. The molecule has 1 N–H and O–H groups in total. The monoisotopic (exact) mass is 1570 g/mol. The van der Waals surface area contributed by atoms with Crippen molar-refractivity contribution >= 4 is 87.9 Å². The predicted molar refractivity (Wildman–Crippen MR) is 411 cm³/mol. The first-order valence-electron chi connectivity index (χ1n) is 36.3. The number of ether oxygens (including phenoxy) is 2. The van der Waals surface area contributed by atoms with Crippen molar-refractivity contribution in [2.45, 2.75) is 83.2 Å². The number of rotatable bonds is 20. The van der Waals surface area contributed by atoms with Crippen LogP contribution in [0.1, 0.15) is 193 Å². The van der Waals surface area contributed by atoms with Crippen molar-refractivity contribution in [3.8, 4) is 28.4 Å². The molecule has 5 aliphatic heterocycles. The number of carbonyl (C=O) groups excluding carboxylic acids is 12. The van der Waals surface area contributed by atoms with Crippen molar-refractivity contribution in [3.63, 3.8) is 0 Å². The van der Waals surface area contributed by atoms with Gasteiger partial charge in [-0.15, -0.1) is 0 Å². The molecule has 0 fully saturated rings. The SMILES string of the molecule is C=C(C)C(=O)Oc1ccc(-c2cc(N3C(=O)c4ccc(C(C)(c5ccc6c(c5)C(=O)N(C)C6=O)C(F)(F)F)cc4C3=O)cc(N3C(=O)c4ccc(C(C)(c5ccc6c(c5)C(=O)N(c5ccc(Oc7ccc(CC(O)CC(C)C(=O)c8ccc(Cc9ccc%10c(c9)C(=O)N(C)C%10=O)cc8C)cc7)cc5)C6=O)C(F)(F)F)cc4C3=O)c2)cc1. The molecular formula is C90H65F6N5O15. The fourth-order valence-electron chi connectivity index (χ4n) is 15.4. The Bertz CT molecular complexity index is 6070. The number of nitrogens with zero attached hydrogens (tertiary/aromatic N) is 5. The number of imide groups is 5. The number of amides is 10. The second kappa shape index (κ2) is 28.3. The summed E-state index contributed by atoms with van der Waals surface area (Å²) >= 11 is 0. The van der Waals surface area contributed by atoms with Crippen molar-refractivity contribution in [2.24, 2.45) is 5.92 Å². The molecule has 0 aromatic heterocycles. The van der Waals surface area contributed by atoms with Crippen molar-refractivity contribution < 1.29 is 98.5 Å². The number of anilines is 3. The van der Waals surface area contributed by atoms with E-state index in [1.165, 1.54) is 81.7 Å². The lowest BCUT2D eigenvalue weighted by atomic mass is 9.74. The van der Waals surface area contributed by atoms with E-state index in [2.05, 4.69) is 6.58 Å². The molecule has 582 valence electrons. The van der Waals surface area contributed by atoms with Gasteiger partial charge in [0.2, 0.25) is 0 Å². The summed E-state index contributed by atoms with van der Waals surface area (Å²) < 4.78 is 107. The van der Waals surface area contributed by atoms with Gasteiger partial charge in [-0.25, -0.2) is 19.5 Å². The zero-order chi connectivity index (χ0) is 83.0. The fraction of sp³-hybridized carbons (Fsp3) is 0.178. The number of aryl methyl sites for hydroxylation is 1. The maximum Gasteiger partial charge on any atom is 0.402 e. The molecule has 0 aliphatic carbocycles. The number of benzene rings is 10. The summed E-state index contributed by atoms with van der Waals surface area (Å²) in [5, 5.41) is 11.2. The smallest absolute Gasteiger partial charge is 0.402 e. The van der Waals surface area contributed by atoms with E-state index >= 15 is 26.3 Å². The summed E-state index contributed by atoms with van der Waals surface area (Å²) in [7, 11) is 2.62. The van der Waals surface area contributed by atoms with Crippen molar-refractivity contribution in [1.29, 1.82) is 0 Å². The van der Waals surface area contributed by atoms with E-state index in [0.717, 1.165) is 130 Å². The molecule has 0 spiro atoms. The van der Waals surface area contributed by atoms with Crippen LogP contribution in [0.3, 0.4) is 0 Å². The highest BCUT2D eigenvalue weighted by molar-refractivity contribution is 6.37. The molecule has 15 rings (SSSR count). The third-order valence-corrected chi connectivity index (χ3v) is 22.3.